The molecule has 2 aromatic rings. The molecule has 1 unspecified atom stereocenters. The SMILES string of the molecule is Fc1ccc2c(c1)CCC2NC1=Nc2ccc(NC3=NN=C(C(F)(F)F)C3)cc2CO1. The average Bonchev–Trinajstić information content (AvgIpc) is 3.35. The molecule has 3 aliphatic rings. The molecule has 2 aromatic carbocycles. The normalized spacial score (nSPS) is 19.6. The summed E-state index contributed by atoms with van der Waals surface area (Å²) in [5.74, 6) is -0.111. The number of aryl methyl sites for hydroxylation is 1. The lowest BCUT2D eigenvalue weighted by Gasteiger charge is -2.22. The van der Waals surface area contributed by atoms with Crippen molar-refractivity contribution in [2.24, 2.45) is 15.2 Å². The summed E-state index contributed by atoms with van der Waals surface area (Å²) in [6.07, 6.45) is -3.27. The van der Waals surface area contributed by atoms with E-state index in [4.69, 9.17) is 4.74 Å². The zero-order valence-corrected chi connectivity index (χ0v) is 16.1. The predicted molar refractivity (Wildman–Crippen MR) is 108 cm³/mol. The highest BCUT2D eigenvalue weighted by Gasteiger charge is 2.38. The molecule has 31 heavy (non-hydrogen) atoms. The van der Waals surface area contributed by atoms with Gasteiger partial charge >= 0.3 is 6.18 Å². The smallest absolute Gasteiger partial charge is 0.431 e. The molecule has 0 saturated heterocycles. The molecule has 160 valence electrons. The van der Waals surface area contributed by atoms with Crippen LogP contribution >= 0.6 is 0 Å². The fourth-order valence-corrected chi connectivity index (χ4v) is 3.88. The Morgan fingerprint density at radius 2 is 1.90 bits per heavy atom. The first-order chi connectivity index (χ1) is 14.8. The van der Waals surface area contributed by atoms with Crippen molar-refractivity contribution in [2.75, 3.05) is 5.32 Å². The zero-order chi connectivity index (χ0) is 21.6. The zero-order valence-electron chi connectivity index (χ0n) is 16.1. The molecule has 2 heterocycles. The number of benzene rings is 2. The van der Waals surface area contributed by atoms with E-state index in [0.29, 0.717) is 17.4 Å². The number of anilines is 1. The van der Waals surface area contributed by atoms with E-state index < -0.39 is 18.3 Å². The molecule has 10 heteroatoms. The van der Waals surface area contributed by atoms with Gasteiger partial charge in [-0.1, -0.05) is 6.07 Å². The molecule has 0 saturated carbocycles. The maximum absolute atomic E-state index is 13.4. The van der Waals surface area contributed by atoms with Crippen molar-refractivity contribution in [3.63, 3.8) is 0 Å². The molecule has 1 atom stereocenters. The molecule has 6 nitrogen and oxygen atoms in total. The summed E-state index contributed by atoms with van der Waals surface area (Å²) < 4.78 is 57.2. The molecule has 2 N–H and O–H groups in total. The van der Waals surface area contributed by atoms with Crippen LogP contribution in [-0.4, -0.2) is 23.7 Å². The number of halogens is 4. The van der Waals surface area contributed by atoms with Crippen LogP contribution in [0.4, 0.5) is 28.9 Å². The van der Waals surface area contributed by atoms with Gasteiger partial charge in [-0.3, -0.25) is 0 Å². The van der Waals surface area contributed by atoms with Gasteiger partial charge in [0.05, 0.1) is 18.2 Å². The monoisotopic (exact) mass is 431 g/mol. The average molecular weight is 431 g/mol. The van der Waals surface area contributed by atoms with E-state index in [0.717, 1.165) is 29.5 Å². The number of alkyl halides is 3. The molecule has 1 aliphatic carbocycles. The first kappa shape index (κ1) is 19.5. The van der Waals surface area contributed by atoms with Gasteiger partial charge in [0.15, 0.2) is 5.71 Å². The van der Waals surface area contributed by atoms with Gasteiger partial charge in [0.1, 0.15) is 18.3 Å². The summed E-state index contributed by atoms with van der Waals surface area (Å²) in [5.41, 5.74) is 3.18. The Bertz CT molecular complexity index is 1140. The van der Waals surface area contributed by atoms with Crippen LogP contribution in [-0.2, 0) is 17.8 Å². The molecular formula is C21H17F4N5O. The van der Waals surface area contributed by atoms with Crippen LogP contribution in [0.1, 0.15) is 35.6 Å². The number of amidine groups is 2. The first-order valence-electron chi connectivity index (χ1n) is 9.72. The van der Waals surface area contributed by atoms with Crippen LogP contribution in [0.5, 0.6) is 0 Å². The highest BCUT2D eigenvalue weighted by Crippen LogP contribution is 2.33. The van der Waals surface area contributed by atoms with Gasteiger partial charge in [0.25, 0.3) is 6.02 Å². The molecule has 0 bridgehead atoms. The van der Waals surface area contributed by atoms with Crippen LogP contribution in [0, 0.1) is 5.82 Å². The van der Waals surface area contributed by atoms with Gasteiger partial charge in [0, 0.05) is 11.3 Å². The molecular weight excluding hydrogens is 414 g/mol. The van der Waals surface area contributed by atoms with Gasteiger partial charge < -0.3 is 15.4 Å². The Morgan fingerprint density at radius 3 is 2.71 bits per heavy atom. The van der Waals surface area contributed by atoms with Crippen LogP contribution in [0.2, 0.25) is 0 Å². The number of nitrogens with zero attached hydrogens (tertiary/aromatic N) is 3. The second-order valence-electron chi connectivity index (χ2n) is 7.52. The second-order valence-corrected chi connectivity index (χ2v) is 7.52. The van der Waals surface area contributed by atoms with E-state index in [1.165, 1.54) is 6.07 Å². The third-order valence-corrected chi connectivity index (χ3v) is 5.39. The summed E-state index contributed by atoms with van der Waals surface area (Å²) in [7, 11) is 0. The Kier molecular flexibility index (Phi) is 4.64. The van der Waals surface area contributed by atoms with Crippen LogP contribution in [0.25, 0.3) is 0 Å². The molecule has 2 aliphatic heterocycles. The number of nitrogens with one attached hydrogen (secondary N) is 2. The molecule has 5 rings (SSSR count). The van der Waals surface area contributed by atoms with Gasteiger partial charge in [-0.2, -0.15) is 18.2 Å². The summed E-state index contributed by atoms with van der Waals surface area (Å²) in [6, 6.07) is 10.4. The van der Waals surface area contributed by atoms with Crippen molar-refractivity contribution in [3.8, 4) is 0 Å². The van der Waals surface area contributed by atoms with E-state index in [1.807, 2.05) is 0 Å². The van der Waals surface area contributed by atoms with E-state index in [1.54, 1.807) is 30.3 Å². The second kappa shape index (κ2) is 7.36. The minimum absolute atomic E-state index is 0.0000431. The van der Waals surface area contributed by atoms with Crippen molar-refractivity contribution in [1.82, 2.24) is 5.32 Å². The fraction of sp³-hybridized carbons (Fsp3) is 0.286. The van der Waals surface area contributed by atoms with Crippen molar-refractivity contribution in [1.29, 1.82) is 0 Å². The summed E-state index contributed by atoms with van der Waals surface area (Å²) in [5, 5.41) is 12.9. The minimum Gasteiger partial charge on any atom is -0.460 e. The molecule has 0 amide bonds. The highest BCUT2D eigenvalue weighted by molar-refractivity contribution is 6.13. The third kappa shape index (κ3) is 3.97. The van der Waals surface area contributed by atoms with E-state index in [9.17, 15) is 17.6 Å². The number of aliphatic imine (C=N–C) groups is 1. The lowest BCUT2D eigenvalue weighted by atomic mass is 10.1. The Balaban J connectivity index is 1.26. The summed E-state index contributed by atoms with van der Waals surface area (Å²) >= 11 is 0. The van der Waals surface area contributed by atoms with Crippen molar-refractivity contribution in [2.45, 2.75) is 38.1 Å². The van der Waals surface area contributed by atoms with Gasteiger partial charge in [-0.15, -0.1) is 10.2 Å². The topological polar surface area (TPSA) is 70.4 Å². The summed E-state index contributed by atoms with van der Waals surface area (Å²) in [6.45, 7) is 0.260. The third-order valence-electron chi connectivity index (χ3n) is 5.39. The molecule has 0 radical (unpaired) electrons. The number of rotatable bonds is 2. The van der Waals surface area contributed by atoms with Crippen LogP contribution in [0.15, 0.2) is 51.6 Å². The van der Waals surface area contributed by atoms with E-state index in [-0.39, 0.29) is 24.3 Å². The summed E-state index contributed by atoms with van der Waals surface area (Å²) in [4.78, 5) is 4.50. The lowest BCUT2D eigenvalue weighted by Crippen LogP contribution is -2.30. The molecule has 0 fully saturated rings. The Labute approximate surface area is 174 Å². The van der Waals surface area contributed by atoms with E-state index >= 15 is 0 Å². The van der Waals surface area contributed by atoms with Crippen LogP contribution < -0.4 is 10.6 Å². The maximum Gasteiger partial charge on any atom is 0.431 e. The van der Waals surface area contributed by atoms with Crippen molar-refractivity contribution >= 4 is 28.9 Å². The van der Waals surface area contributed by atoms with E-state index in [2.05, 4.69) is 25.8 Å². The minimum atomic E-state index is -4.48. The molecule has 0 spiro atoms. The number of hydrogen-bond donors (Lipinski definition) is 2. The number of hydrogen-bond acceptors (Lipinski definition) is 6. The standard InChI is InChI=1S/C21H17F4N5O/c22-13-2-4-15-11(7-13)1-5-17(15)28-20-27-16-6-3-14(8-12(16)10-31-20)26-19-9-18(29-30-19)21(23,24)25/h2-4,6-8,17H,1,5,9-10H2,(H,26,30)(H,27,28). The first-order valence-corrected chi connectivity index (χ1v) is 9.72. The predicted octanol–water partition coefficient (Wildman–Crippen LogP) is 4.75. The van der Waals surface area contributed by atoms with Crippen molar-refractivity contribution < 1.29 is 22.3 Å². The Morgan fingerprint density at radius 1 is 1.03 bits per heavy atom. The van der Waals surface area contributed by atoms with Gasteiger partial charge in [0.2, 0.25) is 0 Å². The number of fused-ring (bicyclic) bond motifs is 2. The quantitative estimate of drug-likeness (QED) is 0.674. The van der Waals surface area contributed by atoms with Gasteiger partial charge in [-0.05, 0) is 54.3 Å². The van der Waals surface area contributed by atoms with Crippen molar-refractivity contribution in [3.05, 3.63) is 58.9 Å². The Hall–Kier alpha value is -3.43. The fourth-order valence-electron chi connectivity index (χ4n) is 3.88. The highest BCUT2D eigenvalue weighted by atomic mass is 19.4. The lowest BCUT2D eigenvalue weighted by molar-refractivity contribution is -0.0596. The van der Waals surface area contributed by atoms with Gasteiger partial charge in [-0.25, -0.2) is 4.39 Å². The van der Waals surface area contributed by atoms with Crippen LogP contribution in [0.3, 0.4) is 0 Å². The maximum atomic E-state index is 13.4. The number of ether oxygens (including phenoxy) is 1. The molecule has 0 aromatic heterocycles. The largest absolute Gasteiger partial charge is 0.460 e.